The van der Waals surface area contributed by atoms with Gasteiger partial charge >= 0.3 is 0 Å². The monoisotopic (exact) mass is 307 g/mol. The summed E-state index contributed by atoms with van der Waals surface area (Å²) in [5.74, 6) is 1.30. The summed E-state index contributed by atoms with van der Waals surface area (Å²) in [5, 5.41) is 2.03. The highest BCUT2D eigenvalue weighted by atomic mass is 32.1. The second-order valence-corrected chi connectivity index (χ2v) is 6.28. The predicted octanol–water partition coefficient (Wildman–Crippen LogP) is 4.65. The van der Waals surface area contributed by atoms with E-state index in [2.05, 4.69) is 28.8 Å². The lowest BCUT2D eigenvalue weighted by Gasteiger charge is -2.08. The van der Waals surface area contributed by atoms with E-state index in [0.717, 1.165) is 21.1 Å². The van der Waals surface area contributed by atoms with Gasteiger partial charge in [0.15, 0.2) is 5.75 Å². The molecule has 0 aliphatic rings. The number of rotatable bonds is 2. The van der Waals surface area contributed by atoms with Gasteiger partial charge in [-0.05, 0) is 31.5 Å². The van der Waals surface area contributed by atoms with E-state index in [4.69, 9.17) is 4.74 Å². The average Bonchev–Trinajstić information content (AvgIpc) is 2.83. The van der Waals surface area contributed by atoms with Crippen LogP contribution in [0.1, 0.15) is 10.4 Å². The van der Waals surface area contributed by atoms with E-state index in [-0.39, 0.29) is 0 Å². The van der Waals surface area contributed by atoms with Gasteiger partial charge in [0.05, 0.1) is 5.39 Å². The minimum absolute atomic E-state index is 0.588. The maximum atomic E-state index is 6.09. The topological polar surface area (TPSA) is 47.9 Å². The largest absolute Gasteiger partial charge is 0.436 e. The molecule has 0 unspecified atom stereocenters. The Morgan fingerprint density at radius 3 is 2.77 bits per heavy atom. The number of para-hydroxylation sites is 1. The van der Waals surface area contributed by atoms with E-state index in [9.17, 15) is 0 Å². The van der Waals surface area contributed by atoms with E-state index in [1.807, 2.05) is 30.3 Å². The fraction of sp³-hybridized carbons (Fsp3) is 0.118. The molecule has 0 N–H and O–H groups in total. The van der Waals surface area contributed by atoms with Crippen molar-refractivity contribution < 1.29 is 4.74 Å². The molecule has 22 heavy (non-hydrogen) atoms. The summed E-state index contributed by atoms with van der Waals surface area (Å²) in [6.45, 7) is 4.16. The van der Waals surface area contributed by atoms with Gasteiger partial charge in [-0.1, -0.05) is 18.2 Å². The van der Waals surface area contributed by atoms with E-state index < -0.39 is 0 Å². The molecule has 0 fully saturated rings. The molecule has 0 aliphatic carbocycles. The van der Waals surface area contributed by atoms with Gasteiger partial charge in [-0.15, -0.1) is 11.3 Å². The number of aryl methyl sites for hydroxylation is 2. The van der Waals surface area contributed by atoms with Crippen molar-refractivity contribution in [1.82, 2.24) is 15.0 Å². The van der Waals surface area contributed by atoms with Crippen LogP contribution in [0.15, 0.2) is 42.9 Å². The quantitative estimate of drug-likeness (QED) is 0.541. The molecule has 1 aromatic carbocycles. The number of fused-ring (bicyclic) bond motifs is 2. The molecule has 5 heteroatoms. The predicted molar refractivity (Wildman–Crippen MR) is 88.7 cm³/mol. The first-order valence-corrected chi connectivity index (χ1v) is 7.78. The van der Waals surface area contributed by atoms with Crippen molar-refractivity contribution in [2.24, 2.45) is 0 Å². The summed E-state index contributed by atoms with van der Waals surface area (Å²) >= 11 is 1.66. The highest BCUT2D eigenvalue weighted by Gasteiger charge is 2.14. The molecule has 4 aromatic rings. The number of pyridine rings is 1. The van der Waals surface area contributed by atoms with Gasteiger partial charge < -0.3 is 4.74 Å². The van der Waals surface area contributed by atoms with Crippen LogP contribution in [-0.2, 0) is 0 Å². The Bertz CT molecular complexity index is 988. The van der Waals surface area contributed by atoms with Gasteiger partial charge in [0.1, 0.15) is 16.7 Å². The maximum absolute atomic E-state index is 6.09. The Balaban J connectivity index is 1.90. The fourth-order valence-corrected chi connectivity index (χ4v) is 3.48. The Morgan fingerprint density at radius 2 is 1.86 bits per heavy atom. The van der Waals surface area contributed by atoms with Crippen molar-refractivity contribution in [3.8, 4) is 11.6 Å². The van der Waals surface area contributed by atoms with Crippen LogP contribution in [0, 0.1) is 13.8 Å². The van der Waals surface area contributed by atoms with Crippen LogP contribution in [0.5, 0.6) is 11.6 Å². The molecule has 0 saturated carbocycles. The van der Waals surface area contributed by atoms with Crippen molar-refractivity contribution >= 4 is 32.5 Å². The molecular weight excluding hydrogens is 294 g/mol. The van der Waals surface area contributed by atoms with Crippen molar-refractivity contribution in [2.45, 2.75) is 13.8 Å². The van der Waals surface area contributed by atoms with E-state index in [1.165, 1.54) is 10.4 Å². The highest BCUT2D eigenvalue weighted by molar-refractivity contribution is 7.18. The van der Waals surface area contributed by atoms with Gasteiger partial charge in [-0.25, -0.2) is 9.97 Å². The fourth-order valence-electron chi connectivity index (χ4n) is 2.49. The van der Waals surface area contributed by atoms with E-state index >= 15 is 0 Å². The second-order valence-electron chi connectivity index (χ2n) is 5.08. The number of hydrogen-bond acceptors (Lipinski definition) is 5. The van der Waals surface area contributed by atoms with Crippen molar-refractivity contribution in [2.75, 3.05) is 0 Å². The molecule has 0 spiro atoms. The summed E-state index contributed by atoms with van der Waals surface area (Å²) < 4.78 is 6.09. The summed E-state index contributed by atoms with van der Waals surface area (Å²) in [6.07, 6.45) is 3.32. The molecule has 0 bridgehead atoms. The van der Waals surface area contributed by atoms with Gasteiger partial charge in [0.25, 0.3) is 0 Å². The first-order chi connectivity index (χ1) is 10.7. The molecule has 3 aromatic heterocycles. The third-order valence-corrected chi connectivity index (χ3v) is 4.85. The average molecular weight is 307 g/mol. The first-order valence-electron chi connectivity index (χ1n) is 6.96. The van der Waals surface area contributed by atoms with E-state index in [1.54, 1.807) is 23.9 Å². The lowest BCUT2D eigenvalue weighted by Crippen LogP contribution is -1.92. The number of hydrogen-bond donors (Lipinski definition) is 0. The minimum Gasteiger partial charge on any atom is -0.436 e. The van der Waals surface area contributed by atoms with Gasteiger partial charge in [0, 0.05) is 16.5 Å². The zero-order valence-electron chi connectivity index (χ0n) is 12.2. The first kappa shape index (κ1) is 13.2. The van der Waals surface area contributed by atoms with E-state index in [0.29, 0.717) is 11.6 Å². The molecule has 0 radical (unpaired) electrons. The molecule has 0 saturated heterocycles. The number of nitrogens with zero attached hydrogens (tertiary/aromatic N) is 3. The molecule has 0 atom stereocenters. The Morgan fingerprint density at radius 1 is 1.00 bits per heavy atom. The van der Waals surface area contributed by atoms with Crippen LogP contribution in [-0.4, -0.2) is 15.0 Å². The summed E-state index contributed by atoms with van der Waals surface area (Å²) in [7, 11) is 0. The van der Waals surface area contributed by atoms with Crippen molar-refractivity contribution in [3.05, 3.63) is 53.3 Å². The van der Waals surface area contributed by atoms with Crippen LogP contribution in [0.2, 0.25) is 0 Å². The Kier molecular flexibility index (Phi) is 3.01. The SMILES string of the molecule is Cc1sc2ncnc(Oc3cccc4cccnc34)c2c1C. The van der Waals surface area contributed by atoms with Crippen LogP contribution >= 0.6 is 11.3 Å². The van der Waals surface area contributed by atoms with Crippen LogP contribution in [0.4, 0.5) is 0 Å². The smallest absolute Gasteiger partial charge is 0.231 e. The molecule has 4 nitrogen and oxygen atoms in total. The van der Waals surface area contributed by atoms with Crippen LogP contribution in [0.25, 0.3) is 21.1 Å². The Labute approximate surface area is 131 Å². The molecule has 108 valence electrons. The highest BCUT2D eigenvalue weighted by Crippen LogP contribution is 2.36. The number of ether oxygens (including phenoxy) is 1. The third-order valence-electron chi connectivity index (χ3n) is 3.73. The number of benzene rings is 1. The minimum atomic E-state index is 0.588. The third kappa shape index (κ3) is 2.02. The zero-order chi connectivity index (χ0) is 15.1. The maximum Gasteiger partial charge on any atom is 0.231 e. The molecule has 3 heterocycles. The van der Waals surface area contributed by atoms with Gasteiger partial charge in [-0.3, -0.25) is 4.98 Å². The lowest BCUT2D eigenvalue weighted by molar-refractivity contribution is 0.472. The molecule has 4 rings (SSSR count). The number of thiophene rings is 1. The normalized spacial score (nSPS) is 11.2. The zero-order valence-corrected chi connectivity index (χ0v) is 13.0. The molecule has 0 amide bonds. The lowest BCUT2D eigenvalue weighted by atomic mass is 10.2. The number of aromatic nitrogens is 3. The second kappa shape index (κ2) is 5.03. The molecule has 0 aliphatic heterocycles. The van der Waals surface area contributed by atoms with Gasteiger partial charge in [-0.2, -0.15) is 0 Å². The van der Waals surface area contributed by atoms with Gasteiger partial charge in [0.2, 0.25) is 5.88 Å². The Hall–Kier alpha value is -2.53. The molecular formula is C17H13N3OS. The summed E-state index contributed by atoms with van der Waals surface area (Å²) in [6, 6.07) is 9.83. The van der Waals surface area contributed by atoms with Crippen LogP contribution < -0.4 is 4.74 Å². The van der Waals surface area contributed by atoms with Crippen LogP contribution in [0.3, 0.4) is 0 Å². The summed E-state index contributed by atoms with van der Waals surface area (Å²) in [5.41, 5.74) is 2.00. The summed E-state index contributed by atoms with van der Waals surface area (Å²) in [4.78, 5) is 15.3. The van der Waals surface area contributed by atoms with Crippen molar-refractivity contribution in [3.63, 3.8) is 0 Å². The van der Waals surface area contributed by atoms with Crippen molar-refractivity contribution in [1.29, 1.82) is 0 Å². The standard InChI is InChI=1S/C17H13N3OS/c1-10-11(2)22-17-14(10)16(19-9-20-17)21-13-7-3-5-12-6-4-8-18-15(12)13/h3-9H,1-2H3.